The summed E-state index contributed by atoms with van der Waals surface area (Å²) in [6, 6.07) is 13.9. The second-order valence-electron chi connectivity index (χ2n) is 8.24. The molecule has 5 nitrogen and oxygen atoms in total. The van der Waals surface area contributed by atoms with Gasteiger partial charge in [-0.1, -0.05) is 42.5 Å². The summed E-state index contributed by atoms with van der Waals surface area (Å²) in [6.07, 6.45) is 1.83. The molecule has 0 spiro atoms. The predicted octanol–water partition coefficient (Wildman–Crippen LogP) is 2.40. The molecule has 2 aromatic carbocycles. The molecule has 2 amide bonds. The van der Waals surface area contributed by atoms with Gasteiger partial charge in [-0.3, -0.25) is 9.59 Å². The van der Waals surface area contributed by atoms with Gasteiger partial charge in [0.15, 0.2) is 0 Å². The van der Waals surface area contributed by atoms with E-state index in [-0.39, 0.29) is 54.7 Å². The normalized spacial score (nSPS) is 26.1. The van der Waals surface area contributed by atoms with E-state index in [0.29, 0.717) is 12.1 Å². The average molecular weight is 394 g/mol. The van der Waals surface area contributed by atoms with Gasteiger partial charge >= 0.3 is 0 Å². The van der Waals surface area contributed by atoms with Gasteiger partial charge in [0, 0.05) is 23.9 Å². The molecule has 0 aromatic heterocycles. The monoisotopic (exact) mass is 394 g/mol. The summed E-state index contributed by atoms with van der Waals surface area (Å²) >= 11 is 0. The van der Waals surface area contributed by atoms with Crippen LogP contribution in [0, 0.1) is 11.7 Å². The third-order valence-electron chi connectivity index (χ3n) is 6.47. The number of aliphatic hydroxyl groups is 1. The summed E-state index contributed by atoms with van der Waals surface area (Å²) in [5.74, 6) is -0.224. The summed E-state index contributed by atoms with van der Waals surface area (Å²) in [6.45, 7) is 0.511. The molecule has 2 saturated heterocycles. The fourth-order valence-corrected chi connectivity index (χ4v) is 4.84. The van der Waals surface area contributed by atoms with E-state index in [4.69, 9.17) is 0 Å². The van der Waals surface area contributed by atoms with Gasteiger partial charge in [0.1, 0.15) is 5.82 Å². The predicted molar refractivity (Wildman–Crippen MR) is 105 cm³/mol. The first-order valence-electron chi connectivity index (χ1n) is 10.1. The summed E-state index contributed by atoms with van der Waals surface area (Å²) in [7, 11) is 0. The van der Waals surface area contributed by atoms with Crippen LogP contribution >= 0.6 is 0 Å². The molecule has 2 aliphatic heterocycles. The van der Waals surface area contributed by atoms with Crippen LogP contribution in [-0.4, -0.2) is 58.5 Å². The zero-order chi connectivity index (χ0) is 20.1. The lowest BCUT2D eigenvalue weighted by atomic mass is 9.73. The molecule has 1 aliphatic carbocycles. The molecule has 6 heteroatoms. The van der Waals surface area contributed by atoms with E-state index in [1.807, 2.05) is 24.3 Å². The fourth-order valence-electron chi connectivity index (χ4n) is 4.84. The number of amides is 2. The highest BCUT2D eigenvalue weighted by molar-refractivity contribution is 5.89. The zero-order valence-corrected chi connectivity index (χ0v) is 16.0. The van der Waals surface area contributed by atoms with Gasteiger partial charge in [-0.15, -0.1) is 0 Å². The Balaban J connectivity index is 1.40. The van der Waals surface area contributed by atoms with E-state index >= 15 is 0 Å². The van der Waals surface area contributed by atoms with Gasteiger partial charge in [-0.05, 0) is 30.0 Å². The molecule has 1 N–H and O–H groups in total. The van der Waals surface area contributed by atoms with E-state index in [1.165, 1.54) is 6.07 Å². The highest BCUT2D eigenvalue weighted by Gasteiger charge is 2.55. The van der Waals surface area contributed by atoms with Crippen molar-refractivity contribution >= 4 is 11.8 Å². The van der Waals surface area contributed by atoms with E-state index < -0.39 is 0 Å². The maximum absolute atomic E-state index is 14.1. The second-order valence-corrected chi connectivity index (χ2v) is 8.24. The van der Waals surface area contributed by atoms with Crippen molar-refractivity contribution in [3.8, 4) is 11.1 Å². The van der Waals surface area contributed by atoms with Crippen molar-refractivity contribution in [1.82, 2.24) is 9.80 Å². The lowest BCUT2D eigenvalue weighted by molar-refractivity contribution is -0.167. The molecule has 29 heavy (non-hydrogen) atoms. The second kappa shape index (κ2) is 6.95. The van der Waals surface area contributed by atoms with Crippen LogP contribution in [0.4, 0.5) is 4.39 Å². The maximum atomic E-state index is 14.1. The molecule has 0 bridgehead atoms. The number of carbonyl (C=O) groups is 2. The number of hydrogen-bond acceptors (Lipinski definition) is 3. The van der Waals surface area contributed by atoms with E-state index in [9.17, 15) is 19.1 Å². The highest BCUT2D eigenvalue weighted by Crippen LogP contribution is 2.44. The average Bonchev–Trinajstić information content (AvgIpc) is 3.55. The Labute approximate surface area is 168 Å². The minimum absolute atomic E-state index is 0.0339. The molecule has 150 valence electrons. The van der Waals surface area contributed by atoms with Crippen LogP contribution in [0.25, 0.3) is 11.1 Å². The first-order valence-corrected chi connectivity index (χ1v) is 10.1. The summed E-state index contributed by atoms with van der Waals surface area (Å²) in [5, 5.41) is 9.89. The van der Waals surface area contributed by atoms with Crippen molar-refractivity contribution in [3.05, 3.63) is 59.9 Å². The van der Waals surface area contributed by atoms with Crippen LogP contribution in [0.5, 0.6) is 0 Å². The SMILES string of the molecule is O=C(C1CC1)N1CC(=O)N2[C@@H](CO)[C@H](c3ccc(-c4ccccc4F)cc3)[C@@H]2C1. The number of fused-ring (bicyclic) bond motifs is 1. The zero-order valence-electron chi connectivity index (χ0n) is 16.0. The van der Waals surface area contributed by atoms with Gasteiger partial charge < -0.3 is 14.9 Å². The van der Waals surface area contributed by atoms with Crippen molar-refractivity contribution in [1.29, 1.82) is 0 Å². The minimum Gasteiger partial charge on any atom is -0.394 e. The van der Waals surface area contributed by atoms with Gasteiger partial charge in [-0.2, -0.15) is 0 Å². The first kappa shape index (κ1) is 18.3. The topological polar surface area (TPSA) is 60.9 Å². The summed E-state index contributed by atoms with van der Waals surface area (Å²) in [4.78, 5) is 28.5. The van der Waals surface area contributed by atoms with Crippen molar-refractivity contribution in [2.24, 2.45) is 5.92 Å². The minimum atomic E-state index is -0.273. The van der Waals surface area contributed by atoms with Crippen LogP contribution in [-0.2, 0) is 9.59 Å². The molecule has 1 saturated carbocycles. The van der Waals surface area contributed by atoms with Crippen LogP contribution in [0.3, 0.4) is 0 Å². The lowest BCUT2D eigenvalue weighted by Crippen LogP contribution is -2.73. The van der Waals surface area contributed by atoms with Crippen LogP contribution in [0.2, 0.25) is 0 Å². The Hall–Kier alpha value is -2.73. The van der Waals surface area contributed by atoms with Gasteiger partial charge in [0.05, 0.1) is 25.2 Å². The number of benzene rings is 2. The standard InChI is InChI=1S/C23H23FN2O3/c24-18-4-2-1-3-17(18)14-5-7-15(8-6-14)22-19-11-25(23(29)16-9-10-16)12-21(28)26(19)20(22)13-27/h1-8,16,19-20,22,27H,9-13H2/t19-,20-,22+/m0/s1. The molecule has 5 rings (SSSR count). The van der Waals surface area contributed by atoms with Crippen molar-refractivity contribution in [2.45, 2.75) is 30.8 Å². The van der Waals surface area contributed by atoms with E-state index in [0.717, 1.165) is 24.0 Å². The largest absolute Gasteiger partial charge is 0.394 e. The molecule has 2 aromatic rings. The van der Waals surface area contributed by atoms with Gasteiger partial charge in [-0.25, -0.2) is 4.39 Å². The number of nitrogens with zero attached hydrogens (tertiary/aromatic N) is 2. The first-order chi connectivity index (χ1) is 14.1. The van der Waals surface area contributed by atoms with Crippen molar-refractivity contribution in [2.75, 3.05) is 19.7 Å². The Morgan fingerprint density at radius 1 is 1.10 bits per heavy atom. The van der Waals surface area contributed by atoms with E-state index in [1.54, 1.807) is 28.0 Å². The van der Waals surface area contributed by atoms with E-state index in [2.05, 4.69) is 0 Å². The fraction of sp³-hybridized carbons (Fsp3) is 0.391. The number of carbonyl (C=O) groups excluding carboxylic acids is 2. The van der Waals surface area contributed by atoms with Gasteiger partial charge in [0.2, 0.25) is 11.8 Å². The number of rotatable bonds is 4. The third-order valence-corrected chi connectivity index (χ3v) is 6.47. The molecular formula is C23H23FN2O3. The van der Waals surface area contributed by atoms with Crippen LogP contribution < -0.4 is 0 Å². The lowest BCUT2D eigenvalue weighted by Gasteiger charge is -2.58. The molecular weight excluding hydrogens is 371 g/mol. The highest BCUT2D eigenvalue weighted by atomic mass is 19.1. The summed E-state index contributed by atoms with van der Waals surface area (Å²) < 4.78 is 14.1. The molecule has 0 unspecified atom stereocenters. The van der Waals surface area contributed by atoms with Crippen LogP contribution in [0.15, 0.2) is 48.5 Å². The molecule has 3 atom stereocenters. The quantitative estimate of drug-likeness (QED) is 0.866. The van der Waals surface area contributed by atoms with Crippen molar-refractivity contribution < 1.29 is 19.1 Å². The number of piperazine rings is 1. The third kappa shape index (κ3) is 3.02. The number of aliphatic hydroxyl groups excluding tert-OH is 1. The smallest absolute Gasteiger partial charge is 0.242 e. The Bertz CT molecular complexity index is 957. The van der Waals surface area contributed by atoms with Gasteiger partial charge in [0.25, 0.3) is 0 Å². The Morgan fingerprint density at radius 2 is 1.83 bits per heavy atom. The maximum Gasteiger partial charge on any atom is 0.242 e. The number of hydrogen-bond donors (Lipinski definition) is 1. The Kier molecular flexibility index (Phi) is 4.39. The van der Waals surface area contributed by atoms with Crippen LogP contribution in [0.1, 0.15) is 24.3 Å². The molecule has 0 radical (unpaired) electrons. The molecule has 3 aliphatic rings. The molecule has 2 heterocycles. The van der Waals surface area contributed by atoms with Crippen molar-refractivity contribution in [3.63, 3.8) is 0 Å². The molecule has 3 fully saturated rings. The number of halogens is 1. The summed E-state index contributed by atoms with van der Waals surface area (Å²) in [5.41, 5.74) is 2.33. The Morgan fingerprint density at radius 3 is 2.48 bits per heavy atom.